The summed E-state index contributed by atoms with van der Waals surface area (Å²) in [5.74, 6) is -9.95. The maximum absolute atomic E-state index is 14.1. The molecule has 0 unspecified atom stereocenters. The predicted octanol–water partition coefficient (Wildman–Crippen LogP) is 6.84. The highest BCUT2D eigenvalue weighted by Gasteiger charge is 2.27. The van der Waals surface area contributed by atoms with Crippen LogP contribution in [0, 0.1) is 42.9 Å². The third-order valence-electron chi connectivity index (χ3n) is 5.68. The van der Waals surface area contributed by atoms with Crippen LogP contribution in [0.1, 0.15) is 32.9 Å². The number of halogens is 6. The number of aromatic nitrogens is 2. The van der Waals surface area contributed by atoms with Gasteiger partial charge in [0.15, 0.2) is 23.3 Å². The van der Waals surface area contributed by atoms with Gasteiger partial charge in [0.2, 0.25) is 5.82 Å². The molecule has 5 nitrogen and oxygen atoms in total. The molecule has 4 rings (SSSR count). The van der Waals surface area contributed by atoms with E-state index in [9.17, 15) is 26.7 Å². The van der Waals surface area contributed by atoms with Crippen LogP contribution in [0.4, 0.5) is 27.6 Å². The first kappa shape index (κ1) is 26.3. The van der Waals surface area contributed by atoms with Crippen LogP contribution in [0.25, 0.3) is 0 Å². The molecule has 0 aliphatic rings. The lowest BCUT2D eigenvalue weighted by Crippen LogP contribution is -2.14. The molecule has 0 bridgehead atoms. The first-order valence-electron chi connectivity index (χ1n) is 10.9. The molecule has 37 heavy (non-hydrogen) atoms. The molecular weight excluding hydrogens is 561 g/mol. The van der Waals surface area contributed by atoms with Gasteiger partial charge in [-0.2, -0.15) is 5.10 Å². The molecule has 0 saturated carbocycles. The average Bonchev–Trinajstić information content (AvgIpc) is 3.16. The summed E-state index contributed by atoms with van der Waals surface area (Å²) in [5, 5.41) is 6.79. The highest BCUT2D eigenvalue weighted by atomic mass is 79.9. The zero-order valence-electron chi connectivity index (χ0n) is 19.5. The fourth-order valence-corrected chi connectivity index (χ4v) is 4.03. The summed E-state index contributed by atoms with van der Waals surface area (Å²) < 4.78 is 76.4. The van der Waals surface area contributed by atoms with Crippen molar-refractivity contribution in [3.63, 3.8) is 0 Å². The highest BCUT2D eigenvalue weighted by molar-refractivity contribution is 9.10. The highest BCUT2D eigenvalue weighted by Crippen LogP contribution is 2.27. The van der Waals surface area contributed by atoms with E-state index in [1.165, 1.54) is 6.92 Å². The van der Waals surface area contributed by atoms with E-state index < -0.39 is 47.1 Å². The number of ether oxygens (including phenoxy) is 1. The van der Waals surface area contributed by atoms with Crippen molar-refractivity contribution in [2.45, 2.75) is 27.0 Å². The summed E-state index contributed by atoms with van der Waals surface area (Å²) in [7, 11) is 0. The Bertz CT molecular complexity index is 1460. The SMILES string of the molecule is Cc1nn(Cc2c(F)c(F)c(F)c(F)c2F)c(C)c1NC(=O)c1ccc(COc2ccccc2Br)cc1. The second-order valence-electron chi connectivity index (χ2n) is 8.12. The first-order valence-corrected chi connectivity index (χ1v) is 11.7. The van der Waals surface area contributed by atoms with Gasteiger partial charge in [0.05, 0.1) is 33.7 Å². The van der Waals surface area contributed by atoms with Crippen molar-refractivity contribution >= 4 is 27.5 Å². The Morgan fingerprint density at radius 1 is 0.919 bits per heavy atom. The molecule has 4 aromatic rings. The minimum atomic E-state index is -2.23. The van der Waals surface area contributed by atoms with Crippen molar-refractivity contribution in [1.29, 1.82) is 0 Å². The second kappa shape index (κ2) is 10.7. The summed E-state index contributed by atoms with van der Waals surface area (Å²) >= 11 is 3.41. The van der Waals surface area contributed by atoms with Crippen LogP contribution in [-0.4, -0.2) is 15.7 Å². The Hall–Kier alpha value is -3.73. The molecule has 1 amide bonds. The summed E-state index contributed by atoms with van der Waals surface area (Å²) in [4.78, 5) is 12.8. The summed E-state index contributed by atoms with van der Waals surface area (Å²) in [6.45, 7) is 2.61. The Kier molecular flexibility index (Phi) is 7.63. The normalized spacial score (nSPS) is 11.0. The summed E-state index contributed by atoms with van der Waals surface area (Å²) in [6, 6.07) is 14.1. The topological polar surface area (TPSA) is 56.2 Å². The maximum atomic E-state index is 14.1. The van der Waals surface area contributed by atoms with Crippen LogP contribution < -0.4 is 10.1 Å². The Balaban J connectivity index is 1.48. The van der Waals surface area contributed by atoms with Gasteiger partial charge in [-0.3, -0.25) is 9.48 Å². The van der Waals surface area contributed by atoms with Gasteiger partial charge in [-0.1, -0.05) is 24.3 Å². The minimum Gasteiger partial charge on any atom is -0.488 e. The lowest BCUT2D eigenvalue weighted by atomic mass is 10.1. The van der Waals surface area contributed by atoms with Crippen molar-refractivity contribution < 1.29 is 31.5 Å². The van der Waals surface area contributed by atoms with E-state index in [-0.39, 0.29) is 18.0 Å². The molecule has 0 atom stereocenters. The predicted molar refractivity (Wildman–Crippen MR) is 130 cm³/mol. The quantitative estimate of drug-likeness (QED) is 0.148. The van der Waals surface area contributed by atoms with Gasteiger partial charge in [0.1, 0.15) is 12.4 Å². The molecule has 11 heteroatoms. The Morgan fingerprint density at radius 2 is 1.51 bits per heavy atom. The number of carbonyl (C=O) groups is 1. The molecular formula is C26H19BrF5N3O2. The Labute approximate surface area is 217 Å². The first-order chi connectivity index (χ1) is 17.6. The summed E-state index contributed by atoms with van der Waals surface area (Å²) in [6.07, 6.45) is 0. The van der Waals surface area contributed by atoms with Gasteiger partial charge < -0.3 is 10.1 Å². The third-order valence-corrected chi connectivity index (χ3v) is 6.33. The van der Waals surface area contributed by atoms with E-state index in [1.807, 2.05) is 24.3 Å². The molecule has 0 fully saturated rings. The number of benzene rings is 3. The molecule has 0 aliphatic carbocycles. The zero-order chi connectivity index (χ0) is 26.9. The smallest absolute Gasteiger partial charge is 0.255 e. The zero-order valence-corrected chi connectivity index (χ0v) is 21.1. The van der Waals surface area contributed by atoms with E-state index in [0.717, 1.165) is 14.7 Å². The van der Waals surface area contributed by atoms with Crippen LogP contribution in [0.2, 0.25) is 0 Å². The number of hydrogen-bond donors (Lipinski definition) is 1. The number of carbonyl (C=O) groups excluding carboxylic acids is 1. The maximum Gasteiger partial charge on any atom is 0.255 e. The molecule has 0 radical (unpaired) electrons. The van der Waals surface area contributed by atoms with E-state index in [1.54, 1.807) is 31.2 Å². The van der Waals surface area contributed by atoms with E-state index in [0.29, 0.717) is 17.0 Å². The Morgan fingerprint density at radius 3 is 2.14 bits per heavy atom. The van der Waals surface area contributed by atoms with Crippen LogP contribution in [0.15, 0.2) is 53.0 Å². The van der Waals surface area contributed by atoms with Crippen molar-refractivity contribution in [1.82, 2.24) is 9.78 Å². The fourth-order valence-electron chi connectivity index (χ4n) is 3.63. The van der Waals surface area contributed by atoms with Crippen molar-refractivity contribution in [3.8, 4) is 5.75 Å². The standard InChI is InChI=1S/C26H19BrF5N3O2/c1-13-25(14(2)35(34-13)11-17-20(28)22(30)24(32)23(31)21(17)29)33-26(36)16-9-7-15(8-10-16)12-37-19-6-4-3-5-18(19)27/h3-10H,11-12H2,1-2H3,(H,33,36). The molecule has 1 N–H and O–H groups in total. The summed E-state index contributed by atoms with van der Waals surface area (Å²) in [5.41, 5.74) is 0.961. The molecule has 192 valence electrons. The molecule has 1 aromatic heterocycles. The lowest BCUT2D eigenvalue weighted by Gasteiger charge is -2.11. The van der Waals surface area contributed by atoms with Crippen LogP contribution in [-0.2, 0) is 13.2 Å². The number of nitrogens with zero attached hydrogens (tertiary/aromatic N) is 2. The number of nitrogens with one attached hydrogen (secondary N) is 1. The number of aryl methyl sites for hydroxylation is 1. The molecule has 0 saturated heterocycles. The van der Waals surface area contributed by atoms with Gasteiger partial charge in [0.25, 0.3) is 5.91 Å². The minimum absolute atomic E-state index is 0.259. The molecule has 3 aromatic carbocycles. The van der Waals surface area contributed by atoms with Crippen molar-refractivity contribution in [2.75, 3.05) is 5.32 Å². The van der Waals surface area contributed by atoms with Gasteiger partial charge in [-0.05, 0) is 59.6 Å². The van der Waals surface area contributed by atoms with Crippen molar-refractivity contribution in [3.05, 3.63) is 110 Å². The lowest BCUT2D eigenvalue weighted by molar-refractivity contribution is 0.102. The van der Waals surface area contributed by atoms with Crippen LogP contribution in [0.5, 0.6) is 5.75 Å². The van der Waals surface area contributed by atoms with E-state index in [2.05, 4.69) is 26.3 Å². The number of rotatable bonds is 7. The van der Waals surface area contributed by atoms with E-state index >= 15 is 0 Å². The fraction of sp³-hybridized carbons (Fsp3) is 0.154. The van der Waals surface area contributed by atoms with Crippen LogP contribution in [0.3, 0.4) is 0 Å². The van der Waals surface area contributed by atoms with Crippen LogP contribution >= 0.6 is 15.9 Å². The third kappa shape index (κ3) is 5.36. The van der Waals surface area contributed by atoms with E-state index in [4.69, 9.17) is 4.74 Å². The number of anilines is 1. The molecule has 0 aliphatic heterocycles. The average molecular weight is 580 g/mol. The van der Waals surface area contributed by atoms with Gasteiger partial charge in [-0.15, -0.1) is 0 Å². The number of para-hydroxylation sites is 1. The van der Waals surface area contributed by atoms with Gasteiger partial charge in [0, 0.05) is 5.56 Å². The largest absolute Gasteiger partial charge is 0.488 e. The van der Waals surface area contributed by atoms with Crippen molar-refractivity contribution in [2.24, 2.45) is 0 Å². The monoisotopic (exact) mass is 579 g/mol. The number of amides is 1. The van der Waals surface area contributed by atoms with Gasteiger partial charge >= 0.3 is 0 Å². The molecule has 0 spiro atoms. The van der Waals surface area contributed by atoms with Gasteiger partial charge in [-0.25, -0.2) is 22.0 Å². The molecule has 1 heterocycles. The number of hydrogen-bond acceptors (Lipinski definition) is 3. The second-order valence-corrected chi connectivity index (χ2v) is 8.98.